The number of nitrogens with zero attached hydrogens (tertiary/aromatic N) is 4. The highest BCUT2D eigenvalue weighted by atomic mass is 16.2. The third-order valence-corrected chi connectivity index (χ3v) is 4.45. The second kappa shape index (κ2) is 6.24. The Hall–Kier alpha value is -1.92. The van der Waals surface area contributed by atoms with Gasteiger partial charge in [-0.1, -0.05) is 19.3 Å². The first-order valence-corrected chi connectivity index (χ1v) is 7.71. The Morgan fingerprint density at radius 2 is 1.71 bits per heavy atom. The molecule has 0 unspecified atom stereocenters. The van der Waals surface area contributed by atoms with E-state index in [4.69, 9.17) is 0 Å². The van der Waals surface area contributed by atoms with E-state index in [9.17, 15) is 9.59 Å². The van der Waals surface area contributed by atoms with E-state index in [1.807, 2.05) is 0 Å². The second-order valence-corrected chi connectivity index (χ2v) is 5.87. The van der Waals surface area contributed by atoms with Crippen molar-refractivity contribution in [2.24, 2.45) is 5.92 Å². The van der Waals surface area contributed by atoms with Crippen LogP contribution >= 0.6 is 0 Å². The highest BCUT2D eigenvalue weighted by molar-refractivity contribution is 5.93. The molecule has 1 atom stereocenters. The van der Waals surface area contributed by atoms with Crippen molar-refractivity contribution in [2.45, 2.75) is 51.0 Å². The molecule has 1 saturated carbocycles. The topological polar surface area (TPSA) is 80.1 Å². The number of nitrogens with one attached hydrogen (secondary N) is 1. The van der Waals surface area contributed by atoms with Crippen LogP contribution in [0.5, 0.6) is 0 Å². The van der Waals surface area contributed by atoms with Gasteiger partial charge in [-0.25, -0.2) is 4.68 Å². The van der Waals surface area contributed by atoms with Crippen LogP contribution in [0.3, 0.4) is 0 Å². The zero-order chi connectivity index (χ0) is 14.7. The van der Waals surface area contributed by atoms with Crippen LogP contribution in [0, 0.1) is 5.92 Å². The Morgan fingerprint density at radius 3 is 2.43 bits per heavy atom. The summed E-state index contributed by atoms with van der Waals surface area (Å²) in [6.07, 6.45) is 9.89. The van der Waals surface area contributed by atoms with Gasteiger partial charge in [-0.3, -0.25) is 15.0 Å². The molecule has 1 aliphatic carbocycles. The van der Waals surface area contributed by atoms with Crippen LogP contribution in [0.25, 0.3) is 0 Å². The fourth-order valence-electron chi connectivity index (χ4n) is 3.35. The van der Waals surface area contributed by atoms with Gasteiger partial charge in [0, 0.05) is 12.5 Å². The predicted octanol–water partition coefficient (Wildman–Crippen LogP) is 0.919. The molecule has 2 amide bonds. The molecule has 1 N–H and O–H groups in total. The van der Waals surface area contributed by atoms with E-state index in [0.29, 0.717) is 6.54 Å². The van der Waals surface area contributed by atoms with E-state index in [1.54, 1.807) is 4.90 Å². The Balaban J connectivity index is 1.64. The molecule has 21 heavy (non-hydrogen) atoms. The van der Waals surface area contributed by atoms with Crippen molar-refractivity contribution >= 4 is 11.8 Å². The zero-order valence-corrected chi connectivity index (χ0v) is 12.1. The molecule has 7 heteroatoms. The monoisotopic (exact) mass is 291 g/mol. The fourth-order valence-corrected chi connectivity index (χ4v) is 3.35. The van der Waals surface area contributed by atoms with Gasteiger partial charge in [0.25, 0.3) is 5.91 Å². The molecule has 2 heterocycles. The Bertz CT molecular complexity index is 495. The minimum atomic E-state index is -0.359. The highest BCUT2D eigenvalue weighted by Crippen LogP contribution is 2.28. The summed E-state index contributed by atoms with van der Waals surface area (Å²) >= 11 is 0. The minimum absolute atomic E-state index is 0.113. The SMILES string of the molecule is O=C(Nn1cnnc1)[C@H]1CCCN1C(=O)C1CCCCC1. The van der Waals surface area contributed by atoms with Gasteiger partial charge in [-0.2, -0.15) is 0 Å². The Kier molecular flexibility index (Phi) is 4.17. The molecule has 0 radical (unpaired) electrons. The molecule has 7 nitrogen and oxygen atoms in total. The van der Waals surface area contributed by atoms with Crippen molar-refractivity contribution in [3.63, 3.8) is 0 Å². The highest BCUT2D eigenvalue weighted by Gasteiger charge is 2.37. The van der Waals surface area contributed by atoms with Gasteiger partial charge in [0.05, 0.1) is 0 Å². The van der Waals surface area contributed by atoms with Crippen LogP contribution in [0.1, 0.15) is 44.9 Å². The van der Waals surface area contributed by atoms with Crippen molar-refractivity contribution in [1.82, 2.24) is 19.8 Å². The minimum Gasteiger partial charge on any atom is -0.330 e. The number of hydrogen-bond donors (Lipinski definition) is 1. The molecule has 1 aromatic heterocycles. The van der Waals surface area contributed by atoms with E-state index < -0.39 is 0 Å². The van der Waals surface area contributed by atoms with Crippen molar-refractivity contribution in [3.8, 4) is 0 Å². The lowest BCUT2D eigenvalue weighted by atomic mass is 9.88. The largest absolute Gasteiger partial charge is 0.330 e. The lowest BCUT2D eigenvalue weighted by Crippen LogP contribution is -2.47. The van der Waals surface area contributed by atoms with Crippen molar-refractivity contribution < 1.29 is 9.59 Å². The van der Waals surface area contributed by atoms with Gasteiger partial charge in [0.2, 0.25) is 5.91 Å². The maximum atomic E-state index is 12.6. The van der Waals surface area contributed by atoms with E-state index in [0.717, 1.165) is 38.5 Å². The Morgan fingerprint density at radius 1 is 1.00 bits per heavy atom. The summed E-state index contributed by atoms with van der Waals surface area (Å²) in [7, 11) is 0. The fraction of sp³-hybridized carbons (Fsp3) is 0.714. The van der Waals surface area contributed by atoms with E-state index in [-0.39, 0.29) is 23.8 Å². The standard InChI is InChI=1S/C14H21N5O2/c20-13(17-18-9-15-16-10-18)12-7-4-8-19(12)14(21)11-5-2-1-3-6-11/h9-12H,1-8H2,(H,17,20)/t12-/m1/s1. The van der Waals surface area contributed by atoms with Gasteiger partial charge >= 0.3 is 0 Å². The number of likely N-dealkylation sites (tertiary alicyclic amines) is 1. The van der Waals surface area contributed by atoms with Crippen LogP contribution in [-0.4, -0.2) is 44.2 Å². The number of rotatable bonds is 3. The molecule has 114 valence electrons. The third kappa shape index (κ3) is 3.06. The van der Waals surface area contributed by atoms with Gasteiger partial charge < -0.3 is 4.90 Å². The first-order chi connectivity index (χ1) is 10.3. The van der Waals surface area contributed by atoms with Gasteiger partial charge in [-0.15, -0.1) is 10.2 Å². The van der Waals surface area contributed by atoms with Crippen LogP contribution in [0.2, 0.25) is 0 Å². The average molecular weight is 291 g/mol. The number of amides is 2. The molecular formula is C14H21N5O2. The number of hydrogen-bond acceptors (Lipinski definition) is 4. The number of carbonyl (C=O) groups excluding carboxylic acids is 2. The lowest BCUT2D eigenvalue weighted by molar-refractivity contribution is -0.141. The summed E-state index contributed by atoms with van der Waals surface area (Å²) in [6, 6.07) is -0.359. The summed E-state index contributed by atoms with van der Waals surface area (Å²) < 4.78 is 1.42. The van der Waals surface area contributed by atoms with Crippen molar-refractivity contribution in [2.75, 3.05) is 12.0 Å². The van der Waals surface area contributed by atoms with Gasteiger partial charge in [-0.05, 0) is 25.7 Å². The van der Waals surface area contributed by atoms with Crippen LogP contribution in [0.4, 0.5) is 0 Å². The zero-order valence-electron chi connectivity index (χ0n) is 12.1. The normalized spacial score (nSPS) is 23.2. The number of carbonyl (C=O) groups is 2. The van der Waals surface area contributed by atoms with Crippen LogP contribution in [0.15, 0.2) is 12.7 Å². The van der Waals surface area contributed by atoms with Gasteiger partial charge in [0.15, 0.2) is 0 Å². The van der Waals surface area contributed by atoms with Crippen LogP contribution in [-0.2, 0) is 9.59 Å². The summed E-state index contributed by atoms with van der Waals surface area (Å²) in [4.78, 5) is 26.7. The summed E-state index contributed by atoms with van der Waals surface area (Å²) in [5, 5.41) is 7.29. The smallest absolute Gasteiger partial charge is 0.261 e. The predicted molar refractivity (Wildman–Crippen MR) is 75.7 cm³/mol. The third-order valence-electron chi connectivity index (χ3n) is 4.45. The van der Waals surface area contributed by atoms with Crippen molar-refractivity contribution in [1.29, 1.82) is 0 Å². The molecule has 2 aliphatic rings. The maximum Gasteiger partial charge on any atom is 0.261 e. The van der Waals surface area contributed by atoms with E-state index >= 15 is 0 Å². The maximum absolute atomic E-state index is 12.6. The quantitative estimate of drug-likeness (QED) is 0.898. The summed E-state index contributed by atoms with van der Waals surface area (Å²) in [5.74, 6) is 0.120. The summed E-state index contributed by atoms with van der Waals surface area (Å²) in [6.45, 7) is 0.690. The second-order valence-electron chi connectivity index (χ2n) is 5.87. The molecule has 2 fully saturated rings. The van der Waals surface area contributed by atoms with Crippen LogP contribution < -0.4 is 5.43 Å². The summed E-state index contributed by atoms with van der Waals surface area (Å²) in [5.41, 5.74) is 2.71. The van der Waals surface area contributed by atoms with E-state index in [1.165, 1.54) is 23.8 Å². The molecule has 1 saturated heterocycles. The Labute approximate surface area is 123 Å². The molecule has 3 rings (SSSR count). The molecule has 1 aliphatic heterocycles. The van der Waals surface area contributed by atoms with Gasteiger partial charge in [0.1, 0.15) is 18.7 Å². The van der Waals surface area contributed by atoms with Crippen molar-refractivity contribution in [3.05, 3.63) is 12.7 Å². The molecule has 0 aromatic carbocycles. The first-order valence-electron chi connectivity index (χ1n) is 7.71. The van der Waals surface area contributed by atoms with E-state index in [2.05, 4.69) is 15.6 Å². The lowest BCUT2D eigenvalue weighted by Gasteiger charge is -2.29. The molecule has 0 spiro atoms. The average Bonchev–Trinajstić information content (AvgIpc) is 3.18. The number of aromatic nitrogens is 3. The first kappa shape index (κ1) is 14.0. The molecule has 0 bridgehead atoms. The molecular weight excluding hydrogens is 270 g/mol. The molecule has 1 aromatic rings.